The highest BCUT2D eigenvalue weighted by molar-refractivity contribution is 6.46. The second-order valence-electron chi connectivity index (χ2n) is 9.24. The Kier molecular flexibility index (Phi) is 6.10. The number of ether oxygens (including phenoxy) is 1. The number of rotatable bonds is 6. The van der Waals surface area contributed by atoms with Crippen LogP contribution in [0, 0.1) is 13.8 Å². The standard InChI is InChI=1S/C30H28N2O4/c1-18-4-8-20(9-5-18)27-26(28(33)21-10-6-19(2)7-11-21)29(34)30(35)32(27)15-14-22-17-31-25-13-12-23(36-3)16-24(22)25/h4-13,16-17,27,31,33H,14-15H2,1-3H3/b28-26-. The minimum Gasteiger partial charge on any atom is -0.507 e. The number of amides is 1. The van der Waals surface area contributed by atoms with Crippen LogP contribution < -0.4 is 4.74 Å². The van der Waals surface area contributed by atoms with E-state index in [4.69, 9.17) is 4.74 Å². The van der Waals surface area contributed by atoms with Crippen LogP contribution in [-0.2, 0) is 16.0 Å². The van der Waals surface area contributed by atoms with Crippen LogP contribution in [0.1, 0.15) is 33.9 Å². The number of nitrogens with one attached hydrogen (secondary N) is 1. The van der Waals surface area contributed by atoms with Gasteiger partial charge in [-0.05, 0) is 49.6 Å². The average molecular weight is 481 g/mol. The number of ketones is 1. The monoisotopic (exact) mass is 480 g/mol. The van der Waals surface area contributed by atoms with Crippen LogP contribution in [-0.4, -0.2) is 40.3 Å². The molecule has 4 aromatic rings. The number of likely N-dealkylation sites (tertiary alicyclic amines) is 1. The quantitative estimate of drug-likeness (QED) is 0.218. The summed E-state index contributed by atoms with van der Waals surface area (Å²) in [6.45, 7) is 4.26. The lowest BCUT2D eigenvalue weighted by Crippen LogP contribution is -2.31. The van der Waals surface area contributed by atoms with E-state index in [9.17, 15) is 14.7 Å². The molecule has 182 valence electrons. The highest BCUT2D eigenvalue weighted by Crippen LogP contribution is 2.39. The maximum absolute atomic E-state index is 13.3. The van der Waals surface area contributed by atoms with Gasteiger partial charge in [0.2, 0.25) is 0 Å². The number of hydrogen-bond donors (Lipinski definition) is 2. The van der Waals surface area contributed by atoms with Gasteiger partial charge >= 0.3 is 0 Å². The Morgan fingerprint density at radius 3 is 2.31 bits per heavy atom. The Labute approximate surface area is 209 Å². The molecule has 6 heteroatoms. The molecule has 5 rings (SSSR count). The van der Waals surface area contributed by atoms with Crippen LogP contribution in [0.15, 0.2) is 78.5 Å². The van der Waals surface area contributed by atoms with Crippen LogP contribution in [0.5, 0.6) is 5.75 Å². The Hall–Kier alpha value is -4.32. The summed E-state index contributed by atoms with van der Waals surface area (Å²) < 4.78 is 5.37. The fourth-order valence-electron chi connectivity index (χ4n) is 4.81. The van der Waals surface area contributed by atoms with E-state index < -0.39 is 17.7 Å². The molecule has 1 atom stereocenters. The summed E-state index contributed by atoms with van der Waals surface area (Å²) in [5.74, 6) is -0.675. The first kappa shape index (κ1) is 23.4. The number of hydrogen-bond acceptors (Lipinski definition) is 4. The summed E-state index contributed by atoms with van der Waals surface area (Å²) in [5.41, 5.74) is 5.52. The van der Waals surface area contributed by atoms with Gasteiger partial charge in [-0.1, -0.05) is 59.7 Å². The van der Waals surface area contributed by atoms with Gasteiger partial charge in [0.25, 0.3) is 11.7 Å². The maximum Gasteiger partial charge on any atom is 0.295 e. The topological polar surface area (TPSA) is 82.6 Å². The first-order chi connectivity index (χ1) is 17.4. The van der Waals surface area contributed by atoms with Crippen molar-refractivity contribution in [1.29, 1.82) is 0 Å². The van der Waals surface area contributed by atoms with Crippen molar-refractivity contribution in [3.8, 4) is 5.75 Å². The van der Waals surface area contributed by atoms with Crippen molar-refractivity contribution >= 4 is 28.4 Å². The minimum absolute atomic E-state index is 0.119. The maximum atomic E-state index is 13.3. The number of aliphatic hydroxyl groups is 1. The van der Waals surface area contributed by atoms with E-state index in [1.807, 2.05) is 74.6 Å². The second-order valence-corrected chi connectivity index (χ2v) is 9.24. The molecule has 1 amide bonds. The number of methoxy groups -OCH3 is 1. The van der Waals surface area contributed by atoms with Crippen molar-refractivity contribution in [2.24, 2.45) is 0 Å². The van der Waals surface area contributed by atoms with E-state index in [1.165, 1.54) is 0 Å². The zero-order valence-corrected chi connectivity index (χ0v) is 20.5. The fraction of sp³-hybridized carbons (Fsp3) is 0.200. The van der Waals surface area contributed by atoms with E-state index >= 15 is 0 Å². The molecule has 1 aliphatic rings. The van der Waals surface area contributed by atoms with Crippen molar-refractivity contribution in [1.82, 2.24) is 9.88 Å². The summed E-state index contributed by atoms with van der Waals surface area (Å²) in [7, 11) is 1.63. The minimum atomic E-state index is -0.674. The van der Waals surface area contributed by atoms with Crippen LogP contribution >= 0.6 is 0 Å². The molecule has 2 heterocycles. The molecule has 6 nitrogen and oxygen atoms in total. The van der Waals surface area contributed by atoms with Crippen molar-refractivity contribution in [2.45, 2.75) is 26.3 Å². The van der Waals surface area contributed by atoms with Gasteiger partial charge in [-0.15, -0.1) is 0 Å². The second kappa shape index (κ2) is 9.38. The number of aliphatic hydroxyl groups excluding tert-OH is 1. The number of carbonyl (C=O) groups is 2. The zero-order valence-electron chi connectivity index (χ0n) is 20.5. The van der Waals surface area contributed by atoms with Gasteiger partial charge in [-0.2, -0.15) is 0 Å². The molecule has 1 aliphatic heterocycles. The summed E-state index contributed by atoms with van der Waals surface area (Å²) in [4.78, 5) is 31.4. The highest BCUT2D eigenvalue weighted by atomic mass is 16.5. The summed E-state index contributed by atoms with van der Waals surface area (Å²) in [6, 6.07) is 20.1. The zero-order chi connectivity index (χ0) is 25.4. The lowest BCUT2D eigenvalue weighted by atomic mass is 9.94. The SMILES string of the molecule is COc1ccc2[nH]cc(CCN3C(=O)C(=O)/C(=C(\O)c4ccc(C)cc4)C3c3ccc(C)cc3)c2c1. The molecular weight excluding hydrogens is 452 g/mol. The molecule has 0 aliphatic carbocycles. The van der Waals surface area contributed by atoms with Crippen LogP contribution in [0.4, 0.5) is 0 Å². The molecule has 3 aromatic carbocycles. The van der Waals surface area contributed by atoms with E-state index in [2.05, 4.69) is 4.98 Å². The number of carbonyl (C=O) groups excluding carboxylic acids is 2. The van der Waals surface area contributed by atoms with Crippen molar-refractivity contribution in [3.63, 3.8) is 0 Å². The smallest absolute Gasteiger partial charge is 0.295 e. The largest absolute Gasteiger partial charge is 0.507 e. The van der Waals surface area contributed by atoms with Gasteiger partial charge < -0.3 is 19.7 Å². The molecule has 0 radical (unpaired) electrons. The van der Waals surface area contributed by atoms with Gasteiger partial charge in [-0.25, -0.2) is 0 Å². The number of Topliss-reactive ketones (excluding diaryl/α,β-unsaturated/α-hetero) is 1. The number of benzene rings is 3. The molecule has 1 fully saturated rings. The molecule has 2 N–H and O–H groups in total. The average Bonchev–Trinajstić information content (AvgIpc) is 3.40. The summed E-state index contributed by atoms with van der Waals surface area (Å²) >= 11 is 0. The van der Waals surface area contributed by atoms with E-state index in [-0.39, 0.29) is 11.3 Å². The van der Waals surface area contributed by atoms with E-state index in [1.54, 1.807) is 24.1 Å². The predicted octanol–water partition coefficient (Wildman–Crippen LogP) is 5.46. The summed E-state index contributed by atoms with van der Waals surface area (Å²) in [6.07, 6.45) is 2.46. The van der Waals surface area contributed by atoms with Crippen molar-refractivity contribution in [2.75, 3.05) is 13.7 Å². The number of aromatic amines is 1. The highest BCUT2D eigenvalue weighted by Gasteiger charge is 2.45. The third-order valence-corrected chi connectivity index (χ3v) is 6.85. The number of aromatic nitrogens is 1. The molecule has 36 heavy (non-hydrogen) atoms. The Balaban J connectivity index is 1.55. The first-order valence-electron chi connectivity index (χ1n) is 11.9. The Morgan fingerprint density at radius 2 is 1.64 bits per heavy atom. The van der Waals surface area contributed by atoms with Crippen LogP contribution in [0.25, 0.3) is 16.7 Å². The molecule has 0 bridgehead atoms. The normalized spacial score (nSPS) is 17.2. The third kappa shape index (κ3) is 4.15. The molecule has 1 unspecified atom stereocenters. The predicted molar refractivity (Wildman–Crippen MR) is 140 cm³/mol. The van der Waals surface area contributed by atoms with E-state index in [0.717, 1.165) is 38.9 Å². The van der Waals surface area contributed by atoms with Crippen molar-refractivity contribution in [3.05, 3.63) is 106 Å². The molecule has 1 aromatic heterocycles. The molecule has 0 spiro atoms. The van der Waals surface area contributed by atoms with Gasteiger partial charge in [0.15, 0.2) is 0 Å². The summed E-state index contributed by atoms with van der Waals surface area (Å²) in [5, 5.41) is 12.2. The van der Waals surface area contributed by atoms with Crippen molar-refractivity contribution < 1.29 is 19.4 Å². The Morgan fingerprint density at radius 1 is 0.972 bits per heavy atom. The lowest BCUT2D eigenvalue weighted by Gasteiger charge is -2.25. The van der Waals surface area contributed by atoms with Crippen LogP contribution in [0.3, 0.4) is 0 Å². The Bertz CT molecular complexity index is 1480. The molecule has 0 saturated carbocycles. The third-order valence-electron chi connectivity index (χ3n) is 6.85. The van der Waals surface area contributed by atoms with Gasteiger partial charge in [0.05, 0.1) is 18.7 Å². The number of H-pyrrole nitrogens is 1. The van der Waals surface area contributed by atoms with Gasteiger partial charge in [-0.3, -0.25) is 9.59 Å². The fourth-order valence-corrected chi connectivity index (χ4v) is 4.81. The number of fused-ring (bicyclic) bond motifs is 1. The molecule has 1 saturated heterocycles. The first-order valence-corrected chi connectivity index (χ1v) is 11.9. The van der Waals surface area contributed by atoms with Crippen LogP contribution in [0.2, 0.25) is 0 Å². The number of nitrogens with zero attached hydrogens (tertiary/aromatic N) is 1. The van der Waals surface area contributed by atoms with Gasteiger partial charge in [0.1, 0.15) is 11.5 Å². The number of aryl methyl sites for hydroxylation is 2. The van der Waals surface area contributed by atoms with E-state index in [0.29, 0.717) is 18.5 Å². The lowest BCUT2D eigenvalue weighted by molar-refractivity contribution is -0.139. The molecular formula is C30H28N2O4. The van der Waals surface area contributed by atoms with Gasteiger partial charge in [0, 0.05) is 29.2 Å².